The molecule has 1 unspecified atom stereocenters. The zero-order valence-corrected chi connectivity index (χ0v) is 11.1. The standard InChI is InChI=1S/C16H19NO2/c1-2-10-19-15-7-5-14(6-8-15)16(18)11-13-4-3-9-17-12-13/h3-9,12,16,18H,2,10-11H2,1H3. The predicted molar refractivity (Wildman–Crippen MR) is 75.1 cm³/mol. The van der Waals surface area contributed by atoms with Gasteiger partial charge in [0, 0.05) is 18.8 Å². The maximum Gasteiger partial charge on any atom is 0.119 e. The van der Waals surface area contributed by atoms with Crippen molar-refractivity contribution in [3.05, 3.63) is 59.9 Å². The van der Waals surface area contributed by atoms with Gasteiger partial charge in [-0.15, -0.1) is 0 Å². The van der Waals surface area contributed by atoms with Crippen LogP contribution in [0.2, 0.25) is 0 Å². The summed E-state index contributed by atoms with van der Waals surface area (Å²) < 4.78 is 5.52. The molecule has 3 heteroatoms. The number of aliphatic hydroxyl groups excluding tert-OH is 1. The van der Waals surface area contributed by atoms with Gasteiger partial charge in [-0.3, -0.25) is 4.98 Å². The van der Waals surface area contributed by atoms with Crippen LogP contribution in [0.15, 0.2) is 48.8 Å². The van der Waals surface area contributed by atoms with Crippen molar-refractivity contribution in [1.82, 2.24) is 4.98 Å². The lowest BCUT2D eigenvalue weighted by Gasteiger charge is -2.12. The van der Waals surface area contributed by atoms with Gasteiger partial charge in [-0.1, -0.05) is 25.1 Å². The number of hydrogen-bond acceptors (Lipinski definition) is 3. The van der Waals surface area contributed by atoms with Crippen LogP contribution in [-0.4, -0.2) is 16.7 Å². The highest BCUT2D eigenvalue weighted by atomic mass is 16.5. The zero-order valence-electron chi connectivity index (χ0n) is 11.1. The Bertz CT molecular complexity index is 482. The number of nitrogens with zero attached hydrogens (tertiary/aromatic N) is 1. The molecule has 1 heterocycles. The fourth-order valence-corrected chi connectivity index (χ4v) is 1.87. The van der Waals surface area contributed by atoms with E-state index in [0.29, 0.717) is 6.42 Å². The van der Waals surface area contributed by atoms with Crippen molar-refractivity contribution in [2.45, 2.75) is 25.9 Å². The highest BCUT2D eigenvalue weighted by Crippen LogP contribution is 2.21. The monoisotopic (exact) mass is 257 g/mol. The van der Waals surface area contributed by atoms with Crippen LogP contribution in [0.4, 0.5) is 0 Å². The molecule has 2 aromatic rings. The summed E-state index contributed by atoms with van der Waals surface area (Å²) in [5.74, 6) is 0.846. The average Bonchev–Trinajstić information content (AvgIpc) is 2.46. The number of benzene rings is 1. The van der Waals surface area contributed by atoms with Gasteiger partial charge in [0.1, 0.15) is 5.75 Å². The molecule has 1 aromatic heterocycles. The molecule has 1 atom stereocenters. The van der Waals surface area contributed by atoms with Crippen LogP contribution in [0.5, 0.6) is 5.75 Å². The van der Waals surface area contributed by atoms with Crippen LogP contribution in [0.25, 0.3) is 0 Å². The molecule has 0 amide bonds. The van der Waals surface area contributed by atoms with Crippen LogP contribution in [-0.2, 0) is 6.42 Å². The molecule has 0 aliphatic heterocycles. The van der Waals surface area contributed by atoms with Gasteiger partial charge >= 0.3 is 0 Å². The van der Waals surface area contributed by atoms with Gasteiger partial charge in [0.25, 0.3) is 0 Å². The van der Waals surface area contributed by atoms with Crippen molar-refractivity contribution in [2.75, 3.05) is 6.61 Å². The minimum atomic E-state index is -0.510. The first-order valence-electron chi connectivity index (χ1n) is 6.59. The van der Waals surface area contributed by atoms with Crippen molar-refractivity contribution >= 4 is 0 Å². The Morgan fingerprint density at radius 1 is 1.21 bits per heavy atom. The molecular weight excluding hydrogens is 238 g/mol. The van der Waals surface area contributed by atoms with Crippen molar-refractivity contribution in [3.8, 4) is 5.75 Å². The lowest BCUT2D eigenvalue weighted by atomic mass is 10.0. The summed E-state index contributed by atoms with van der Waals surface area (Å²) in [6.07, 6.45) is 4.57. The second-order valence-corrected chi connectivity index (χ2v) is 4.50. The molecule has 0 fully saturated rings. The number of hydrogen-bond donors (Lipinski definition) is 1. The Morgan fingerprint density at radius 2 is 2.00 bits per heavy atom. The molecule has 0 saturated heterocycles. The molecule has 0 radical (unpaired) electrons. The Labute approximate surface area is 113 Å². The third-order valence-corrected chi connectivity index (χ3v) is 2.89. The maximum atomic E-state index is 10.2. The first kappa shape index (κ1) is 13.6. The molecule has 100 valence electrons. The average molecular weight is 257 g/mol. The third kappa shape index (κ3) is 4.07. The highest BCUT2D eigenvalue weighted by molar-refractivity contribution is 5.29. The van der Waals surface area contributed by atoms with E-state index in [9.17, 15) is 5.11 Å². The highest BCUT2D eigenvalue weighted by Gasteiger charge is 2.08. The Hall–Kier alpha value is -1.87. The molecule has 19 heavy (non-hydrogen) atoms. The quantitative estimate of drug-likeness (QED) is 0.864. The SMILES string of the molecule is CCCOc1ccc(C(O)Cc2cccnc2)cc1. The topological polar surface area (TPSA) is 42.4 Å². The summed E-state index contributed by atoms with van der Waals surface area (Å²) in [7, 11) is 0. The van der Waals surface area contributed by atoms with Gasteiger partial charge in [-0.05, 0) is 35.7 Å². The summed E-state index contributed by atoms with van der Waals surface area (Å²) >= 11 is 0. The molecule has 1 aromatic carbocycles. The van der Waals surface area contributed by atoms with E-state index in [1.54, 1.807) is 12.4 Å². The van der Waals surface area contributed by atoms with Gasteiger partial charge in [0.2, 0.25) is 0 Å². The molecule has 0 aliphatic carbocycles. The number of rotatable bonds is 6. The zero-order chi connectivity index (χ0) is 13.5. The second kappa shape index (κ2) is 6.90. The van der Waals surface area contributed by atoms with E-state index in [1.165, 1.54) is 0 Å². The van der Waals surface area contributed by atoms with Crippen molar-refractivity contribution in [2.24, 2.45) is 0 Å². The molecule has 2 rings (SSSR count). The summed E-state index contributed by atoms with van der Waals surface area (Å²) in [6, 6.07) is 11.5. The lowest BCUT2D eigenvalue weighted by molar-refractivity contribution is 0.178. The van der Waals surface area contributed by atoms with Crippen LogP contribution < -0.4 is 4.74 Å². The summed E-state index contributed by atoms with van der Waals surface area (Å²) in [5.41, 5.74) is 1.93. The van der Waals surface area contributed by atoms with E-state index in [1.807, 2.05) is 36.4 Å². The van der Waals surface area contributed by atoms with Gasteiger partial charge in [-0.2, -0.15) is 0 Å². The molecule has 0 aliphatic rings. The van der Waals surface area contributed by atoms with E-state index >= 15 is 0 Å². The lowest BCUT2D eigenvalue weighted by Crippen LogP contribution is -2.02. The Balaban J connectivity index is 1.97. The van der Waals surface area contributed by atoms with Gasteiger partial charge < -0.3 is 9.84 Å². The third-order valence-electron chi connectivity index (χ3n) is 2.89. The number of ether oxygens (including phenoxy) is 1. The summed E-state index contributed by atoms with van der Waals surface area (Å²) in [5, 5.41) is 10.2. The van der Waals surface area contributed by atoms with E-state index in [4.69, 9.17) is 4.74 Å². The van der Waals surface area contributed by atoms with Crippen LogP contribution in [0.3, 0.4) is 0 Å². The van der Waals surface area contributed by atoms with E-state index < -0.39 is 6.10 Å². The predicted octanol–water partition coefficient (Wildman–Crippen LogP) is 3.15. The fraction of sp³-hybridized carbons (Fsp3) is 0.312. The molecule has 1 N–H and O–H groups in total. The van der Waals surface area contributed by atoms with Crippen molar-refractivity contribution in [1.29, 1.82) is 0 Å². The molecule has 0 spiro atoms. The van der Waals surface area contributed by atoms with Gasteiger partial charge in [-0.25, -0.2) is 0 Å². The van der Waals surface area contributed by atoms with Crippen LogP contribution in [0, 0.1) is 0 Å². The minimum Gasteiger partial charge on any atom is -0.494 e. The summed E-state index contributed by atoms with van der Waals surface area (Å²) in [4.78, 5) is 4.05. The van der Waals surface area contributed by atoms with Gasteiger partial charge in [0.15, 0.2) is 0 Å². The van der Waals surface area contributed by atoms with Crippen molar-refractivity contribution < 1.29 is 9.84 Å². The number of pyridine rings is 1. The molecular formula is C16H19NO2. The molecule has 0 bridgehead atoms. The normalized spacial score (nSPS) is 12.1. The number of aliphatic hydroxyl groups is 1. The fourth-order valence-electron chi connectivity index (χ4n) is 1.87. The Morgan fingerprint density at radius 3 is 2.63 bits per heavy atom. The minimum absolute atomic E-state index is 0.510. The molecule has 3 nitrogen and oxygen atoms in total. The first-order chi connectivity index (χ1) is 9.29. The van der Waals surface area contributed by atoms with Crippen LogP contribution in [0.1, 0.15) is 30.6 Å². The Kier molecular flexibility index (Phi) is 4.93. The van der Waals surface area contributed by atoms with Crippen molar-refractivity contribution in [3.63, 3.8) is 0 Å². The second-order valence-electron chi connectivity index (χ2n) is 4.50. The van der Waals surface area contributed by atoms with Gasteiger partial charge in [0.05, 0.1) is 12.7 Å². The summed E-state index contributed by atoms with van der Waals surface area (Å²) in [6.45, 7) is 2.80. The maximum absolute atomic E-state index is 10.2. The smallest absolute Gasteiger partial charge is 0.119 e. The van der Waals surface area contributed by atoms with E-state index in [2.05, 4.69) is 11.9 Å². The molecule has 0 saturated carbocycles. The van der Waals surface area contributed by atoms with E-state index in [0.717, 1.165) is 29.9 Å². The first-order valence-corrected chi connectivity index (χ1v) is 6.59. The number of aromatic nitrogens is 1. The van der Waals surface area contributed by atoms with Crippen LogP contribution >= 0.6 is 0 Å². The largest absolute Gasteiger partial charge is 0.494 e. The van der Waals surface area contributed by atoms with E-state index in [-0.39, 0.29) is 0 Å².